The molecule has 0 fully saturated rings. The second-order valence-corrected chi connectivity index (χ2v) is 5.82. The zero-order valence-electron chi connectivity index (χ0n) is 12.1. The molecule has 2 rings (SSSR count). The predicted octanol–water partition coefficient (Wildman–Crippen LogP) is 4.11. The summed E-state index contributed by atoms with van der Waals surface area (Å²) in [6.07, 6.45) is 0. The van der Waals surface area contributed by atoms with Crippen molar-refractivity contribution in [3.63, 3.8) is 0 Å². The summed E-state index contributed by atoms with van der Waals surface area (Å²) in [6, 6.07) is 15.1. The zero-order chi connectivity index (χ0) is 15.2. The predicted molar refractivity (Wildman–Crippen MR) is 88.4 cm³/mol. The van der Waals surface area contributed by atoms with E-state index in [0.717, 1.165) is 23.1 Å². The first-order valence-corrected chi connectivity index (χ1v) is 7.88. The molecule has 2 aromatic rings. The van der Waals surface area contributed by atoms with Crippen molar-refractivity contribution in [2.24, 2.45) is 5.73 Å². The van der Waals surface area contributed by atoms with Crippen molar-refractivity contribution >= 4 is 15.9 Å². The lowest BCUT2D eigenvalue weighted by atomic mass is 10.0. The standard InChI is InChI=1S/C17H20BrFN2/c1-2-21(12-13-6-4-3-5-7-13)17(11-20)15-9-8-14(19)10-16(15)18/h3-10,17H,2,11-12,20H2,1H3. The van der Waals surface area contributed by atoms with E-state index in [2.05, 4.69) is 39.9 Å². The summed E-state index contributed by atoms with van der Waals surface area (Å²) in [4.78, 5) is 2.30. The van der Waals surface area contributed by atoms with Crippen molar-refractivity contribution in [2.45, 2.75) is 19.5 Å². The molecule has 2 aromatic carbocycles. The lowest BCUT2D eigenvalue weighted by Gasteiger charge is -2.31. The molecule has 21 heavy (non-hydrogen) atoms. The van der Waals surface area contributed by atoms with Crippen LogP contribution in [0, 0.1) is 5.82 Å². The van der Waals surface area contributed by atoms with E-state index >= 15 is 0 Å². The smallest absolute Gasteiger partial charge is 0.124 e. The van der Waals surface area contributed by atoms with Gasteiger partial charge in [-0.3, -0.25) is 4.90 Å². The van der Waals surface area contributed by atoms with Gasteiger partial charge in [0.25, 0.3) is 0 Å². The van der Waals surface area contributed by atoms with E-state index in [1.807, 2.05) is 24.3 Å². The molecule has 0 heterocycles. The zero-order valence-corrected chi connectivity index (χ0v) is 13.7. The van der Waals surface area contributed by atoms with Crippen LogP contribution >= 0.6 is 15.9 Å². The minimum absolute atomic E-state index is 0.0604. The largest absolute Gasteiger partial charge is 0.329 e. The van der Waals surface area contributed by atoms with Gasteiger partial charge in [-0.2, -0.15) is 0 Å². The number of hydrogen-bond donors (Lipinski definition) is 1. The summed E-state index contributed by atoms with van der Waals surface area (Å²) in [5.74, 6) is -0.243. The number of benzene rings is 2. The Kier molecular flexibility index (Phi) is 5.91. The van der Waals surface area contributed by atoms with Crippen LogP contribution in [-0.2, 0) is 6.54 Å². The fraction of sp³-hybridized carbons (Fsp3) is 0.294. The van der Waals surface area contributed by atoms with E-state index in [0.29, 0.717) is 6.54 Å². The van der Waals surface area contributed by atoms with E-state index in [-0.39, 0.29) is 11.9 Å². The SMILES string of the molecule is CCN(Cc1ccccc1)C(CN)c1ccc(F)cc1Br. The number of nitrogens with two attached hydrogens (primary N) is 1. The molecule has 0 aliphatic carbocycles. The Morgan fingerprint density at radius 3 is 2.48 bits per heavy atom. The van der Waals surface area contributed by atoms with Gasteiger partial charge in [-0.15, -0.1) is 0 Å². The summed E-state index contributed by atoms with van der Waals surface area (Å²) in [5, 5.41) is 0. The Bertz CT molecular complexity index is 574. The van der Waals surface area contributed by atoms with Gasteiger partial charge in [0, 0.05) is 23.6 Å². The topological polar surface area (TPSA) is 29.3 Å². The molecule has 0 spiro atoms. The van der Waals surface area contributed by atoms with E-state index in [4.69, 9.17) is 5.73 Å². The Balaban J connectivity index is 2.25. The Labute approximate surface area is 133 Å². The third kappa shape index (κ3) is 4.13. The molecular weight excluding hydrogens is 331 g/mol. The molecule has 0 aromatic heterocycles. The van der Waals surface area contributed by atoms with Crippen LogP contribution in [0.5, 0.6) is 0 Å². The fourth-order valence-electron chi connectivity index (χ4n) is 2.50. The molecule has 1 unspecified atom stereocenters. The van der Waals surface area contributed by atoms with Crippen molar-refractivity contribution < 1.29 is 4.39 Å². The summed E-state index contributed by atoms with van der Waals surface area (Å²) < 4.78 is 14.0. The van der Waals surface area contributed by atoms with Gasteiger partial charge in [-0.1, -0.05) is 59.3 Å². The summed E-state index contributed by atoms with van der Waals surface area (Å²) >= 11 is 3.45. The van der Waals surface area contributed by atoms with Gasteiger partial charge in [0.05, 0.1) is 0 Å². The van der Waals surface area contributed by atoms with Crippen LogP contribution in [0.1, 0.15) is 24.1 Å². The average molecular weight is 351 g/mol. The van der Waals surface area contributed by atoms with Gasteiger partial charge >= 0.3 is 0 Å². The minimum Gasteiger partial charge on any atom is -0.329 e. The van der Waals surface area contributed by atoms with Crippen LogP contribution < -0.4 is 5.73 Å². The third-order valence-corrected chi connectivity index (χ3v) is 4.31. The highest BCUT2D eigenvalue weighted by molar-refractivity contribution is 9.10. The molecule has 0 amide bonds. The van der Waals surface area contributed by atoms with Gasteiger partial charge in [0.2, 0.25) is 0 Å². The molecule has 0 bridgehead atoms. The third-order valence-electron chi connectivity index (χ3n) is 3.62. The monoisotopic (exact) mass is 350 g/mol. The quantitative estimate of drug-likeness (QED) is 0.849. The molecule has 1 atom stereocenters. The lowest BCUT2D eigenvalue weighted by Crippen LogP contribution is -2.33. The Hall–Kier alpha value is -1.23. The number of hydrogen-bond acceptors (Lipinski definition) is 2. The van der Waals surface area contributed by atoms with E-state index in [1.165, 1.54) is 17.7 Å². The molecule has 0 saturated carbocycles. The van der Waals surface area contributed by atoms with E-state index < -0.39 is 0 Å². The molecule has 0 aliphatic rings. The van der Waals surface area contributed by atoms with Crippen LogP contribution in [0.3, 0.4) is 0 Å². The molecule has 0 saturated heterocycles. The second-order valence-electron chi connectivity index (χ2n) is 4.97. The van der Waals surface area contributed by atoms with Crippen LogP contribution in [0.25, 0.3) is 0 Å². The van der Waals surface area contributed by atoms with Crippen LogP contribution in [0.2, 0.25) is 0 Å². The van der Waals surface area contributed by atoms with Gasteiger partial charge < -0.3 is 5.73 Å². The van der Waals surface area contributed by atoms with Crippen molar-refractivity contribution in [2.75, 3.05) is 13.1 Å². The molecule has 2 nitrogen and oxygen atoms in total. The normalized spacial score (nSPS) is 12.6. The number of rotatable bonds is 6. The van der Waals surface area contributed by atoms with Gasteiger partial charge in [-0.25, -0.2) is 4.39 Å². The van der Waals surface area contributed by atoms with Crippen molar-refractivity contribution in [3.05, 3.63) is 69.9 Å². The average Bonchev–Trinajstić information content (AvgIpc) is 2.49. The molecule has 0 aliphatic heterocycles. The molecule has 0 radical (unpaired) electrons. The number of likely N-dealkylation sites (N-methyl/N-ethyl adjacent to an activating group) is 1. The van der Waals surface area contributed by atoms with E-state index in [1.54, 1.807) is 0 Å². The molecule has 2 N–H and O–H groups in total. The number of nitrogens with zero attached hydrogens (tertiary/aromatic N) is 1. The molecule has 112 valence electrons. The Morgan fingerprint density at radius 2 is 1.90 bits per heavy atom. The lowest BCUT2D eigenvalue weighted by molar-refractivity contribution is 0.203. The van der Waals surface area contributed by atoms with Crippen LogP contribution in [0.15, 0.2) is 53.0 Å². The first-order chi connectivity index (χ1) is 10.2. The van der Waals surface area contributed by atoms with Crippen molar-refractivity contribution in [3.8, 4) is 0 Å². The second kappa shape index (κ2) is 7.69. The van der Waals surface area contributed by atoms with Gasteiger partial charge in [0.15, 0.2) is 0 Å². The maximum Gasteiger partial charge on any atom is 0.124 e. The highest BCUT2D eigenvalue weighted by Crippen LogP contribution is 2.29. The summed E-state index contributed by atoms with van der Waals surface area (Å²) in [7, 11) is 0. The fourth-order valence-corrected chi connectivity index (χ4v) is 3.12. The summed E-state index contributed by atoms with van der Waals surface area (Å²) in [6.45, 7) is 4.30. The Morgan fingerprint density at radius 1 is 1.19 bits per heavy atom. The van der Waals surface area contributed by atoms with E-state index in [9.17, 15) is 4.39 Å². The van der Waals surface area contributed by atoms with Crippen molar-refractivity contribution in [1.29, 1.82) is 0 Å². The highest BCUT2D eigenvalue weighted by atomic mass is 79.9. The maximum atomic E-state index is 13.3. The first kappa shape index (κ1) is 16.1. The van der Waals surface area contributed by atoms with Gasteiger partial charge in [-0.05, 0) is 29.8 Å². The first-order valence-electron chi connectivity index (χ1n) is 7.08. The van der Waals surface area contributed by atoms with Crippen molar-refractivity contribution in [1.82, 2.24) is 4.90 Å². The molecule has 4 heteroatoms. The maximum absolute atomic E-state index is 13.3. The minimum atomic E-state index is -0.243. The molecular formula is C17H20BrFN2. The van der Waals surface area contributed by atoms with Crippen LogP contribution in [-0.4, -0.2) is 18.0 Å². The van der Waals surface area contributed by atoms with Gasteiger partial charge in [0.1, 0.15) is 5.82 Å². The highest BCUT2D eigenvalue weighted by Gasteiger charge is 2.20. The number of halogens is 2. The summed E-state index contributed by atoms with van der Waals surface area (Å²) in [5.41, 5.74) is 8.26. The van der Waals surface area contributed by atoms with Crippen LogP contribution in [0.4, 0.5) is 4.39 Å².